The Labute approximate surface area is 118 Å². The van der Waals surface area contributed by atoms with Gasteiger partial charge in [0, 0.05) is 0 Å². The molecule has 110 valence electrons. The number of carbonyl (C=O) groups is 2. The van der Waals surface area contributed by atoms with Gasteiger partial charge in [0.1, 0.15) is 11.9 Å². The Morgan fingerprint density at radius 3 is 2.55 bits per heavy atom. The largest absolute Gasteiger partial charge is 0.480 e. The highest BCUT2D eigenvalue weighted by molar-refractivity contribution is 5.85. The molecular weight excluding hydrogens is 261 g/mol. The van der Waals surface area contributed by atoms with Crippen molar-refractivity contribution in [2.75, 3.05) is 0 Å². The van der Waals surface area contributed by atoms with Crippen molar-refractivity contribution < 1.29 is 19.1 Å². The quantitative estimate of drug-likeness (QED) is 0.806. The molecule has 0 aliphatic carbocycles. The highest BCUT2D eigenvalue weighted by Crippen LogP contribution is 2.12. The third-order valence-corrected chi connectivity index (χ3v) is 3.20. The molecule has 0 aliphatic heterocycles. The molecule has 1 rings (SSSR count). The van der Waals surface area contributed by atoms with Gasteiger partial charge in [0.15, 0.2) is 0 Å². The molecule has 0 spiro atoms. The third kappa shape index (κ3) is 4.64. The molecule has 0 radical (unpaired) electrons. The zero-order valence-electron chi connectivity index (χ0n) is 11.7. The lowest BCUT2D eigenvalue weighted by Crippen LogP contribution is -2.45. The Morgan fingerprint density at radius 1 is 1.35 bits per heavy atom. The average molecular weight is 281 g/mol. The first-order valence-corrected chi connectivity index (χ1v) is 6.71. The molecule has 0 fully saturated rings. The molecule has 0 aromatic heterocycles. The van der Waals surface area contributed by atoms with Gasteiger partial charge in [-0.2, -0.15) is 0 Å². The minimum atomic E-state index is -1.06. The molecule has 1 aromatic rings. The summed E-state index contributed by atoms with van der Waals surface area (Å²) < 4.78 is 13.4. The lowest BCUT2D eigenvalue weighted by atomic mass is 9.96. The molecule has 0 saturated carbocycles. The van der Waals surface area contributed by atoms with Gasteiger partial charge in [0.25, 0.3) is 0 Å². The molecule has 0 heterocycles. The van der Waals surface area contributed by atoms with Crippen LogP contribution in [0.3, 0.4) is 0 Å². The van der Waals surface area contributed by atoms with Crippen molar-refractivity contribution in [3.8, 4) is 0 Å². The summed E-state index contributed by atoms with van der Waals surface area (Å²) in [5.41, 5.74) is 0.261. The van der Waals surface area contributed by atoms with Crippen LogP contribution >= 0.6 is 0 Å². The maximum absolute atomic E-state index is 13.4. The van der Waals surface area contributed by atoms with Gasteiger partial charge < -0.3 is 10.4 Å². The summed E-state index contributed by atoms with van der Waals surface area (Å²) >= 11 is 0. The zero-order valence-corrected chi connectivity index (χ0v) is 11.7. The van der Waals surface area contributed by atoms with E-state index >= 15 is 0 Å². The van der Waals surface area contributed by atoms with E-state index in [9.17, 15) is 14.0 Å². The predicted octanol–water partition coefficient (Wildman–Crippen LogP) is 2.37. The number of carboxylic acid groups (broad SMARTS) is 1. The van der Waals surface area contributed by atoms with Crippen LogP contribution in [0.2, 0.25) is 0 Å². The van der Waals surface area contributed by atoms with Crippen LogP contribution in [0.1, 0.15) is 32.3 Å². The average Bonchev–Trinajstić information content (AvgIpc) is 2.38. The van der Waals surface area contributed by atoms with E-state index in [2.05, 4.69) is 5.32 Å². The van der Waals surface area contributed by atoms with Crippen LogP contribution < -0.4 is 5.32 Å². The van der Waals surface area contributed by atoms with E-state index in [1.54, 1.807) is 19.1 Å². The summed E-state index contributed by atoms with van der Waals surface area (Å²) in [5, 5.41) is 11.6. The molecule has 1 aromatic carbocycles. The van der Waals surface area contributed by atoms with E-state index in [1.165, 1.54) is 12.1 Å². The van der Waals surface area contributed by atoms with E-state index in [4.69, 9.17) is 5.11 Å². The molecule has 5 heteroatoms. The Hall–Kier alpha value is -1.91. The molecule has 0 bridgehead atoms. The van der Waals surface area contributed by atoms with Gasteiger partial charge in [-0.3, -0.25) is 4.79 Å². The first-order chi connectivity index (χ1) is 9.45. The number of carbonyl (C=O) groups excluding carboxylic acids is 1. The van der Waals surface area contributed by atoms with E-state index in [-0.39, 0.29) is 17.9 Å². The van der Waals surface area contributed by atoms with Crippen molar-refractivity contribution in [2.24, 2.45) is 5.92 Å². The number of halogens is 1. The number of carboxylic acids is 1. The number of amides is 1. The van der Waals surface area contributed by atoms with E-state index in [0.29, 0.717) is 6.42 Å². The van der Waals surface area contributed by atoms with Gasteiger partial charge in [-0.15, -0.1) is 0 Å². The number of nitrogens with one attached hydrogen (secondary N) is 1. The van der Waals surface area contributed by atoms with Crippen molar-refractivity contribution in [1.29, 1.82) is 0 Å². The molecule has 2 N–H and O–H groups in total. The summed E-state index contributed by atoms with van der Waals surface area (Å²) in [6.07, 6.45) is 1.39. The third-order valence-electron chi connectivity index (χ3n) is 3.20. The van der Waals surface area contributed by atoms with E-state index < -0.39 is 23.7 Å². The SMILES string of the molecule is CCCC(C)C(NC(=O)Cc1ccccc1F)C(=O)O. The smallest absolute Gasteiger partial charge is 0.326 e. The van der Waals surface area contributed by atoms with Gasteiger partial charge in [0.05, 0.1) is 6.42 Å². The normalized spacial score (nSPS) is 13.6. The first-order valence-electron chi connectivity index (χ1n) is 6.71. The maximum atomic E-state index is 13.4. The molecule has 0 saturated heterocycles. The van der Waals surface area contributed by atoms with Crippen LogP contribution in [0.5, 0.6) is 0 Å². The zero-order chi connectivity index (χ0) is 15.1. The monoisotopic (exact) mass is 281 g/mol. The van der Waals surface area contributed by atoms with Crippen molar-refractivity contribution in [3.05, 3.63) is 35.6 Å². The Bertz CT molecular complexity index is 476. The van der Waals surface area contributed by atoms with Gasteiger partial charge in [-0.25, -0.2) is 9.18 Å². The second kappa shape index (κ2) is 7.62. The number of hydrogen-bond acceptors (Lipinski definition) is 2. The predicted molar refractivity (Wildman–Crippen MR) is 73.7 cm³/mol. The van der Waals surface area contributed by atoms with Crippen LogP contribution in [0.15, 0.2) is 24.3 Å². The Morgan fingerprint density at radius 2 is 2.00 bits per heavy atom. The van der Waals surface area contributed by atoms with Crippen LogP contribution in [0.25, 0.3) is 0 Å². The molecule has 4 nitrogen and oxygen atoms in total. The van der Waals surface area contributed by atoms with Crippen molar-refractivity contribution >= 4 is 11.9 Å². The van der Waals surface area contributed by atoms with E-state index in [0.717, 1.165) is 6.42 Å². The summed E-state index contributed by atoms with van der Waals surface area (Å²) in [6.45, 7) is 3.74. The van der Waals surface area contributed by atoms with Gasteiger partial charge in [-0.05, 0) is 24.0 Å². The molecule has 0 aliphatic rings. The second-order valence-electron chi connectivity index (χ2n) is 4.92. The fourth-order valence-electron chi connectivity index (χ4n) is 2.11. The number of benzene rings is 1. The second-order valence-corrected chi connectivity index (χ2v) is 4.92. The first kappa shape index (κ1) is 16.1. The molecule has 1 amide bonds. The van der Waals surface area contributed by atoms with Crippen molar-refractivity contribution in [3.63, 3.8) is 0 Å². The lowest BCUT2D eigenvalue weighted by Gasteiger charge is -2.21. The van der Waals surface area contributed by atoms with Gasteiger partial charge >= 0.3 is 5.97 Å². The summed E-state index contributed by atoms with van der Waals surface area (Å²) in [4.78, 5) is 23.0. The topological polar surface area (TPSA) is 66.4 Å². The highest BCUT2D eigenvalue weighted by atomic mass is 19.1. The molecule has 20 heavy (non-hydrogen) atoms. The summed E-state index contributed by atoms with van der Waals surface area (Å²) in [6, 6.07) is 5.03. The number of rotatable bonds is 7. The lowest BCUT2D eigenvalue weighted by molar-refractivity contribution is -0.143. The maximum Gasteiger partial charge on any atom is 0.326 e. The van der Waals surface area contributed by atoms with Crippen LogP contribution in [0.4, 0.5) is 4.39 Å². The summed E-state index contributed by atoms with van der Waals surface area (Å²) in [5.74, 6) is -2.17. The van der Waals surface area contributed by atoms with Gasteiger partial charge in [0.2, 0.25) is 5.91 Å². The fraction of sp³-hybridized carbons (Fsp3) is 0.467. The minimum absolute atomic E-state index is 0.157. The molecular formula is C15H20FNO3. The standard InChI is InChI=1S/C15H20FNO3/c1-3-6-10(2)14(15(19)20)17-13(18)9-11-7-4-5-8-12(11)16/h4-5,7-8,10,14H,3,6,9H2,1-2H3,(H,17,18)(H,19,20). The fourth-order valence-corrected chi connectivity index (χ4v) is 2.11. The van der Waals surface area contributed by atoms with Crippen molar-refractivity contribution in [1.82, 2.24) is 5.32 Å². The van der Waals surface area contributed by atoms with Crippen LogP contribution in [-0.4, -0.2) is 23.0 Å². The molecule has 2 unspecified atom stereocenters. The van der Waals surface area contributed by atoms with Crippen molar-refractivity contribution in [2.45, 2.75) is 39.2 Å². The Kier molecular flexibility index (Phi) is 6.15. The van der Waals surface area contributed by atoms with Gasteiger partial charge in [-0.1, -0.05) is 38.5 Å². The van der Waals surface area contributed by atoms with E-state index in [1.807, 2.05) is 6.92 Å². The Balaban J connectivity index is 2.67. The number of hydrogen-bond donors (Lipinski definition) is 2. The highest BCUT2D eigenvalue weighted by Gasteiger charge is 2.26. The minimum Gasteiger partial charge on any atom is -0.480 e. The van der Waals surface area contributed by atoms with Crippen LogP contribution in [0, 0.1) is 11.7 Å². The molecule has 2 atom stereocenters. The number of aliphatic carboxylic acids is 1. The van der Waals surface area contributed by atoms with Crippen LogP contribution in [-0.2, 0) is 16.0 Å². The summed E-state index contributed by atoms with van der Waals surface area (Å²) in [7, 11) is 0.